The van der Waals surface area contributed by atoms with Crippen molar-refractivity contribution in [3.8, 4) is 5.75 Å². The van der Waals surface area contributed by atoms with E-state index >= 15 is 4.79 Å². The predicted molar refractivity (Wildman–Crippen MR) is 380 cm³/mol. The first-order valence-corrected chi connectivity index (χ1v) is 34.5. The molecule has 11 amide bonds. The largest absolute Gasteiger partial charge is 0.508 e. The average Bonchev–Trinajstić information content (AvgIpc) is 0.785. The Labute approximate surface area is 602 Å². The molecule has 3 rings (SSSR count). The first kappa shape index (κ1) is 87.9. The fourth-order valence-electron chi connectivity index (χ4n) is 11.1. The van der Waals surface area contributed by atoms with E-state index in [2.05, 4.69) is 57.8 Å². The highest BCUT2D eigenvalue weighted by Crippen LogP contribution is 2.26. The Balaban J connectivity index is 2.01. The van der Waals surface area contributed by atoms with Crippen LogP contribution >= 0.6 is 0 Å². The molecule has 31 N–H and O–H groups in total. The van der Waals surface area contributed by atoms with Gasteiger partial charge in [0.1, 0.15) is 66.2 Å². The van der Waals surface area contributed by atoms with Crippen LogP contribution in [0.4, 0.5) is 0 Å². The number of nitrogens with zero attached hydrogens (tertiary/aromatic N) is 3. The maximum atomic E-state index is 15.4. The summed E-state index contributed by atoms with van der Waals surface area (Å²) in [6, 6.07) is -3.76. The zero-order valence-corrected chi connectivity index (χ0v) is 58.9. The van der Waals surface area contributed by atoms with Crippen molar-refractivity contribution in [3.05, 3.63) is 65.2 Å². The monoisotopic (exact) mass is 1470 g/mol. The second-order valence-corrected chi connectivity index (χ2v) is 25.5. The third kappa shape index (κ3) is 31.5. The van der Waals surface area contributed by atoms with Gasteiger partial charge >= 0.3 is 11.9 Å². The molecule has 38 heteroatoms. The molecule has 2 aromatic rings. The number of hydrogen-bond acceptors (Lipinski definition) is 21. The molecule has 1 aliphatic rings. The van der Waals surface area contributed by atoms with Crippen molar-refractivity contribution < 1.29 is 82.8 Å². The average molecular weight is 1470 g/mol. The van der Waals surface area contributed by atoms with Crippen molar-refractivity contribution in [1.82, 2.24) is 52.8 Å². The molecule has 104 heavy (non-hydrogen) atoms. The molecular weight excluding hydrogens is 1360 g/mol. The Hall–Kier alpha value is -10.3. The lowest BCUT2D eigenvalue weighted by atomic mass is 9.91. The highest BCUT2D eigenvalue weighted by atomic mass is 16.4. The molecule has 2 aromatic carbocycles. The molecule has 0 fully saturated rings. The number of nitrogens with two attached hydrogens (primary N) is 9. The van der Waals surface area contributed by atoms with Crippen LogP contribution in [-0.2, 0) is 81.7 Å². The van der Waals surface area contributed by atoms with Crippen LogP contribution in [0.1, 0.15) is 133 Å². The van der Waals surface area contributed by atoms with Gasteiger partial charge < -0.3 is 125 Å². The number of aliphatic carboxylic acids is 2. The second-order valence-electron chi connectivity index (χ2n) is 25.5. The first-order valence-electron chi connectivity index (χ1n) is 34.5. The smallest absolute Gasteiger partial charge is 0.326 e. The first-order chi connectivity index (χ1) is 49.3. The molecule has 1 aliphatic heterocycles. The van der Waals surface area contributed by atoms with Crippen molar-refractivity contribution >= 4 is 88.8 Å². The number of unbranched alkanes of at least 4 members (excludes halogenated alkanes) is 3. The summed E-state index contributed by atoms with van der Waals surface area (Å²) in [4.78, 5) is 188. The number of carbonyl (C=O) groups is 13. The molecule has 11 atom stereocenters. The van der Waals surface area contributed by atoms with Crippen molar-refractivity contribution in [2.45, 2.75) is 202 Å². The van der Waals surface area contributed by atoms with Gasteiger partial charge in [0.15, 0.2) is 11.9 Å². The lowest BCUT2D eigenvalue weighted by Gasteiger charge is -2.39. The van der Waals surface area contributed by atoms with Gasteiger partial charge in [-0.2, -0.15) is 0 Å². The van der Waals surface area contributed by atoms with Crippen LogP contribution < -0.4 is 99.5 Å². The number of amides is 11. The molecule has 0 bridgehead atoms. The van der Waals surface area contributed by atoms with Crippen LogP contribution in [0.25, 0.3) is 0 Å². The van der Waals surface area contributed by atoms with Crippen molar-refractivity contribution in [3.63, 3.8) is 0 Å². The number of nitrogens with one attached hydrogen (secondary N) is 9. The molecule has 0 aromatic heterocycles. The van der Waals surface area contributed by atoms with Gasteiger partial charge in [-0.15, -0.1) is 0 Å². The number of fused-ring (bicyclic) bond motifs is 1. The Bertz CT molecular complexity index is 3260. The second kappa shape index (κ2) is 46.3. The third-order valence-electron chi connectivity index (χ3n) is 16.8. The molecule has 0 spiro atoms. The van der Waals surface area contributed by atoms with E-state index in [4.69, 9.17) is 51.6 Å². The molecule has 1 heterocycles. The van der Waals surface area contributed by atoms with Crippen LogP contribution in [-0.4, -0.2) is 220 Å². The number of primary amides is 1. The van der Waals surface area contributed by atoms with Gasteiger partial charge in [0.25, 0.3) is 0 Å². The Kier molecular flexibility index (Phi) is 39.2. The quantitative estimate of drug-likeness (QED) is 0.0166. The van der Waals surface area contributed by atoms with E-state index in [-0.39, 0.29) is 128 Å². The maximum absolute atomic E-state index is 15.4. The van der Waals surface area contributed by atoms with Crippen LogP contribution in [0.5, 0.6) is 5.75 Å². The number of aliphatic hydroxyl groups is 1. The zero-order valence-electron chi connectivity index (χ0n) is 58.9. The lowest BCUT2D eigenvalue weighted by Crippen LogP contribution is -2.62. The standard InChI is InChI=1S/C66H107N21O17/c1-36(2)53(62(101)82-46(24-25-51(71)90)59(98)79-44(17-7-10-28-69)57(96)84-48(64(103)104)33-52(91)92)86-61(100)50-32-38-13-3-4-14-39(38)34-87(50)63(102)47(19-12-30-77-66(74)75)83-56(95)43(16-6-9-27-68)81-60(99)49(35-88)85-58(97)45(18-11-29-76-65(72)73)80-55(94)42(15-5-8-26-67)78-54(93)41(70)31-37-20-22-40(89)23-21-37/h3-4,13-14,20-23,36,41-50,53,88-89H,5-12,15-19,24-35,67-70H2,1-2H3,(H2,71,90)(H,78,93)(H,79,98)(H,80,94)(H,81,99)(H,82,101)(H,83,95)(H,84,96)(H,85,97)(H,86,100)(H,91,92)(H,103,104)(H4,72,73,76)(H4,74,75,77)/t41-,42+,43+,44+,45+,46+,47+,48+,49+,50+,53+/m1/s1. The highest BCUT2D eigenvalue weighted by molar-refractivity contribution is 5.99. The van der Waals surface area contributed by atoms with Crippen molar-refractivity contribution in [1.29, 1.82) is 0 Å². The summed E-state index contributed by atoms with van der Waals surface area (Å²) in [5, 5.41) is 62.1. The highest BCUT2D eigenvalue weighted by Gasteiger charge is 2.42. The van der Waals surface area contributed by atoms with E-state index < -0.39 is 175 Å². The number of phenols is 1. The molecule has 0 saturated carbocycles. The van der Waals surface area contributed by atoms with Gasteiger partial charge in [-0.05, 0) is 151 Å². The third-order valence-corrected chi connectivity index (χ3v) is 16.8. The summed E-state index contributed by atoms with van der Waals surface area (Å²) >= 11 is 0. The van der Waals surface area contributed by atoms with E-state index in [0.717, 1.165) is 0 Å². The van der Waals surface area contributed by atoms with Crippen LogP contribution in [0, 0.1) is 5.92 Å². The molecule has 0 radical (unpaired) electrons. The fraction of sp³-hybridized carbons (Fsp3) is 0.591. The predicted octanol–water partition coefficient (Wildman–Crippen LogP) is -6.45. The minimum absolute atomic E-state index is 0.00164. The number of aliphatic imine (C=N–C) groups is 2. The van der Waals surface area contributed by atoms with E-state index in [9.17, 15) is 78.0 Å². The number of aromatic hydroxyl groups is 1. The number of carboxylic acids is 2. The van der Waals surface area contributed by atoms with Gasteiger partial charge in [0.05, 0.1) is 19.1 Å². The molecule has 0 aliphatic carbocycles. The van der Waals surface area contributed by atoms with Crippen molar-refractivity contribution in [2.75, 3.05) is 39.3 Å². The number of guanidine groups is 2. The number of aliphatic hydroxyl groups excluding tert-OH is 1. The number of rotatable bonds is 49. The normalized spacial score (nSPS) is 15.3. The lowest BCUT2D eigenvalue weighted by molar-refractivity contribution is -0.147. The number of hydrogen-bond donors (Lipinski definition) is 22. The summed E-state index contributed by atoms with van der Waals surface area (Å²) in [5.41, 5.74) is 53.1. The van der Waals surface area contributed by atoms with Gasteiger partial charge in [0.2, 0.25) is 65.0 Å². The summed E-state index contributed by atoms with van der Waals surface area (Å²) in [6.07, 6.45) is -0.484. The molecule has 38 nitrogen and oxygen atoms in total. The summed E-state index contributed by atoms with van der Waals surface area (Å²) in [5.74, 6) is -14.8. The summed E-state index contributed by atoms with van der Waals surface area (Å²) in [7, 11) is 0. The minimum Gasteiger partial charge on any atom is -0.508 e. The Morgan fingerprint density at radius 2 is 0.904 bits per heavy atom. The summed E-state index contributed by atoms with van der Waals surface area (Å²) in [6.45, 7) is 2.35. The maximum Gasteiger partial charge on any atom is 0.326 e. The number of carbonyl (C=O) groups excluding carboxylic acids is 11. The molecule has 0 unspecified atom stereocenters. The molecule has 578 valence electrons. The number of phenolic OH excluding ortho intramolecular Hbond substituents is 1. The van der Waals surface area contributed by atoms with Gasteiger partial charge in [0, 0.05) is 32.5 Å². The van der Waals surface area contributed by atoms with E-state index in [1.165, 1.54) is 17.0 Å². The molecular formula is C66H107N21O17. The Morgan fingerprint density at radius 1 is 0.500 bits per heavy atom. The van der Waals surface area contributed by atoms with Crippen LogP contribution in [0.3, 0.4) is 0 Å². The van der Waals surface area contributed by atoms with Crippen molar-refractivity contribution in [2.24, 2.45) is 67.5 Å². The Morgan fingerprint density at radius 3 is 1.34 bits per heavy atom. The number of carboxylic acid groups (broad SMARTS) is 2. The molecule has 0 saturated heterocycles. The zero-order chi connectivity index (χ0) is 77.6. The minimum atomic E-state index is -1.90. The van der Waals surface area contributed by atoms with Gasteiger partial charge in [-0.25, -0.2) is 4.79 Å². The van der Waals surface area contributed by atoms with Gasteiger partial charge in [-0.3, -0.25) is 67.5 Å². The van der Waals surface area contributed by atoms with E-state index in [1.54, 1.807) is 50.2 Å². The summed E-state index contributed by atoms with van der Waals surface area (Å²) < 4.78 is 0. The van der Waals surface area contributed by atoms with Crippen LogP contribution in [0.2, 0.25) is 0 Å². The topological polar surface area (TPSA) is 673 Å². The van der Waals surface area contributed by atoms with E-state index in [0.29, 0.717) is 42.4 Å². The SMILES string of the molecule is CC(C)[C@H](NC(=O)[C@@H]1Cc2ccccc2CN1C(=O)[C@H](CCCN=C(N)N)NC(=O)[C@H](CCCCN)NC(=O)[C@H](CO)NC(=O)[C@H](CCCN=C(N)N)NC(=O)[C@H](CCCCN)NC(=O)[C@H](N)Cc1ccc(O)cc1)C(=O)N[C@@H](CCC(N)=O)C(=O)N[C@@H](CCCCN)C(=O)N[C@@H](CC(=O)O)C(=O)O. The van der Waals surface area contributed by atoms with Gasteiger partial charge in [-0.1, -0.05) is 50.2 Å². The fourth-order valence-corrected chi connectivity index (χ4v) is 11.1. The van der Waals surface area contributed by atoms with E-state index in [1.807, 2.05) is 0 Å². The number of benzene rings is 2. The van der Waals surface area contributed by atoms with Crippen LogP contribution in [0.15, 0.2) is 58.5 Å².